The van der Waals surface area contributed by atoms with Crippen LogP contribution in [0.1, 0.15) is 31.7 Å². The average Bonchev–Trinajstić information content (AvgIpc) is 3.34. The van der Waals surface area contributed by atoms with E-state index in [2.05, 4.69) is 57.9 Å². The van der Waals surface area contributed by atoms with E-state index in [1.807, 2.05) is 18.5 Å². The number of hydrogen-bond donors (Lipinski definition) is 1. The van der Waals surface area contributed by atoms with Gasteiger partial charge in [0.1, 0.15) is 12.4 Å². The van der Waals surface area contributed by atoms with Gasteiger partial charge in [0, 0.05) is 51.1 Å². The summed E-state index contributed by atoms with van der Waals surface area (Å²) in [6, 6.07) is 10.5. The van der Waals surface area contributed by atoms with Gasteiger partial charge in [0.15, 0.2) is 5.96 Å². The van der Waals surface area contributed by atoms with E-state index >= 15 is 0 Å². The molecule has 0 amide bonds. The van der Waals surface area contributed by atoms with Crippen molar-refractivity contribution in [3.63, 3.8) is 0 Å². The van der Waals surface area contributed by atoms with E-state index in [4.69, 9.17) is 9.73 Å². The first-order chi connectivity index (χ1) is 13.3. The van der Waals surface area contributed by atoms with E-state index in [1.54, 1.807) is 0 Å². The molecule has 1 saturated heterocycles. The van der Waals surface area contributed by atoms with Gasteiger partial charge in [0.25, 0.3) is 0 Å². The Balaban J connectivity index is 1.63. The van der Waals surface area contributed by atoms with Crippen LogP contribution in [0.5, 0.6) is 0 Å². The molecule has 0 saturated carbocycles. The van der Waals surface area contributed by atoms with E-state index in [0.717, 1.165) is 57.6 Å². The number of benzene rings is 1. The summed E-state index contributed by atoms with van der Waals surface area (Å²) in [6.45, 7) is 10.1. The molecule has 0 spiro atoms. The lowest BCUT2D eigenvalue weighted by atomic mass is 10.1. The number of likely N-dealkylation sites (tertiary alicyclic amines) is 1. The first-order valence-electron chi connectivity index (χ1n) is 9.95. The highest BCUT2D eigenvalue weighted by atomic mass is 16.5. The van der Waals surface area contributed by atoms with Crippen molar-refractivity contribution < 1.29 is 4.74 Å². The van der Waals surface area contributed by atoms with Gasteiger partial charge in [-0.1, -0.05) is 30.3 Å². The Labute approximate surface area is 162 Å². The molecular weight excluding hydrogens is 338 g/mol. The van der Waals surface area contributed by atoms with Crippen LogP contribution in [0.2, 0.25) is 0 Å². The second-order valence-electron chi connectivity index (χ2n) is 6.89. The van der Waals surface area contributed by atoms with Crippen LogP contribution in [-0.2, 0) is 17.8 Å². The Morgan fingerprint density at radius 1 is 1.30 bits per heavy atom. The zero-order chi connectivity index (χ0) is 18.9. The minimum absolute atomic E-state index is 0.578. The van der Waals surface area contributed by atoms with Gasteiger partial charge in [-0.25, -0.2) is 9.98 Å². The summed E-state index contributed by atoms with van der Waals surface area (Å²) in [5, 5.41) is 3.43. The first kappa shape index (κ1) is 19.4. The largest absolute Gasteiger partial charge is 0.381 e. The molecule has 1 aromatic carbocycles. The van der Waals surface area contributed by atoms with Gasteiger partial charge in [-0.2, -0.15) is 0 Å². The SMILES string of the molecule is CCNC(=NCc1nccn1Cc1ccccc1)N1CCC(COCC)C1. The Kier molecular flexibility index (Phi) is 7.27. The standard InChI is InChI=1S/C21H31N5O/c1-3-22-21(26-12-10-19(16-26)17-27-4-2)24-14-20-23-11-13-25(20)15-18-8-6-5-7-9-18/h5-9,11,13,19H,3-4,10,12,14-17H2,1-2H3,(H,22,24). The molecule has 1 fully saturated rings. The summed E-state index contributed by atoms with van der Waals surface area (Å²) in [5.74, 6) is 2.55. The number of nitrogens with one attached hydrogen (secondary N) is 1. The van der Waals surface area contributed by atoms with Gasteiger partial charge >= 0.3 is 0 Å². The molecule has 1 unspecified atom stereocenters. The fourth-order valence-electron chi connectivity index (χ4n) is 3.43. The fourth-order valence-corrected chi connectivity index (χ4v) is 3.43. The van der Waals surface area contributed by atoms with Crippen molar-refractivity contribution in [2.24, 2.45) is 10.9 Å². The maximum atomic E-state index is 5.60. The molecule has 6 heteroatoms. The average molecular weight is 370 g/mol. The van der Waals surface area contributed by atoms with E-state index < -0.39 is 0 Å². The summed E-state index contributed by atoms with van der Waals surface area (Å²) >= 11 is 0. The Bertz CT molecular complexity index is 712. The number of hydrogen-bond acceptors (Lipinski definition) is 3. The first-order valence-corrected chi connectivity index (χ1v) is 9.95. The third-order valence-corrected chi connectivity index (χ3v) is 4.85. The number of aliphatic imine (C=N–C) groups is 1. The molecule has 27 heavy (non-hydrogen) atoms. The molecule has 146 valence electrons. The lowest BCUT2D eigenvalue weighted by molar-refractivity contribution is 0.114. The minimum Gasteiger partial charge on any atom is -0.381 e. The summed E-state index contributed by atoms with van der Waals surface area (Å²) < 4.78 is 7.77. The highest BCUT2D eigenvalue weighted by Gasteiger charge is 2.24. The molecule has 6 nitrogen and oxygen atoms in total. The Hall–Kier alpha value is -2.34. The van der Waals surface area contributed by atoms with Crippen LogP contribution in [0.25, 0.3) is 0 Å². The van der Waals surface area contributed by atoms with Crippen molar-refractivity contribution in [3.8, 4) is 0 Å². The summed E-state index contributed by atoms with van der Waals surface area (Å²) in [4.78, 5) is 11.7. The van der Waals surface area contributed by atoms with E-state index in [-0.39, 0.29) is 0 Å². The molecule has 2 heterocycles. The molecule has 0 bridgehead atoms. The van der Waals surface area contributed by atoms with Gasteiger partial charge in [-0.05, 0) is 25.8 Å². The quantitative estimate of drug-likeness (QED) is 0.574. The van der Waals surface area contributed by atoms with Gasteiger partial charge in [-0.15, -0.1) is 0 Å². The predicted molar refractivity (Wildman–Crippen MR) is 109 cm³/mol. The van der Waals surface area contributed by atoms with Crippen molar-refractivity contribution in [2.75, 3.05) is 32.8 Å². The molecule has 1 atom stereocenters. The minimum atomic E-state index is 0.578. The zero-order valence-electron chi connectivity index (χ0n) is 16.5. The Morgan fingerprint density at radius 3 is 2.93 bits per heavy atom. The van der Waals surface area contributed by atoms with Crippen LogP contribution in [0, 0.1) is 5.92 Å². The molecule has 0 radical (unpaired) electrons. The Morgan fingerprint density at radius 2 is 2.15 bits per heavy atom. The van der Waals surface area contributed by atoms with Gasteiger partial charge in [-0.3, -0.25) is 0 Å². The number of aromatic nitrogens is 2. The van der Waals surface area contributed by atoms with Crippen LogP contribution < -0.4 is 5.32 Å². The van der Waals surface area contributed by atoms with Crippen molar-refractivity contribution in [1.29, 1.82) is 0 Å². The number of ether oxygens (including phenoxy) is 1. The van der Waals surface area contributed by atoms with E-state index in [1.165, 1.54) is 5.56 Å². The molecule has 1 N–H and O–H groups in total. The smallest absolute Gasteiger partial charge is 0.194 e. The van der Waals surface area contributed by atoms with Gasteiger partial charge < -0.3 is 19.5 Å². The molecule has 1 aliphatic rings. The monoisotopic (exact) mass is 369 g/mol. The molecule has 1 aromatic heterocycles. The number of nitrogens with zero attached hydrogens (tertiary/aromatic N) is 4. The zero-order valence-corrected chi connectivity index (χ0v) is 16.5. The van der Waals surface area contributed by atoms with Crippen molar-refractivity contribution >= 4 is 5.96 Å². The fraction of sp³-hybridized carbons (Fsp3) is 0.524. The van der Waals surface area contributed by atoms with Crippen LogP contribution in [0.15, 0.2) is 47.7 Å². The highest BCUT2D eigenvalue weighted by molar-refractivity contribution is 5.80. The lowest BCUT2D eigenvalue weighted by Crippen LogP contribution is -2.40. The van der Waals surface area contributed by atoms with Gasteiger partial charge in [0.2, 0.25) is 0 Å². The lowest BCUT2D eigenvalue weighted by Gasteiger charge is -2.21. The number of rotatable bonds is 8. The van der Waals surface area contributed by atoms with Crippen molar-refractivity contribution in [2.45, 2.75) is 33.4 Å². The van der Waals surface area contributed by atoms with Gasteiger partial charge in [0.05, 0.1) is 6.61 Å². The second kappa shape index (κ2) is 10.1. The van der Waals surface area contributed by atoms with Crippen LogP contribution in [0.4, 0.5) is 0 Å². The van der Waals surface area contributed by atoms with E-state index in [0.29, 0.717) is 12.5 Å². The molecule has 0 aliphatic carbocycles. The normalized spacial score (nSPS) is 17.5. The molecular formula is C21H31N5O. The van der Waals surface area contributed by atoms with Crippen LogP contribution in [0.3, 0.4) is 0 Å². The second-order valence-corrected chi connectivity index (χ2v) is 6.89. The van der Waals surface area contributed by atoms with Crippen molar-refractivity contribution in [1.82, 2.24) is 19.8 Å². The van der Waals surface area contributed by atoms with Crippen molar-refractivity contribution in [3.05, 3.63) is 54.1 Å². The molecule has 1 aliphatic heterocycles. The summed E-state index contributed by atoms with van der Waals surface area (Å²) in [7, 11) is 0. The maximum absolute atomic E-state index is 5.60. The van der Waals surface area contributed by atoms with Crippen LogP contribution >= 0.6 is 0 Å². The summed E-state index contributed by atoms with van der Waals surface area (Å²) in [5.41, 5.74) is 1.27. The highest BCUT2D eigenvalue weighted by Crippen LogP contribution is 2.17. The number of imidazole rings is 1. The molecule has 2 aromatic rings. The topological polar surface area (TPSA) is 54.7 Å². The predicted octanol–water partition coefficient (Wildman–Crippen LogP) is 2.76. The maximum Gasteiger partial charge on any atom is 0.194 e. The third kappa shape index (κ3) is 5.57. The van der Waals surface area contributed by atoms with E-state index in [9.17, 15) is 0 Å². The molecule has 3 rings (SSSR count). The summed E-state index contributed by atoms with van der Waals surface area (Å²) in [6.07, 6.45) is 5.04. The third-order valence-electron chi connectivity index (χ3n) is 4.85. The van der Waals surface area contributed by atoms with Crippen LogP contribution in [-0.4, -0.2) is 53.3 Å². The number of guanidine groups is 1.